The Morgan fingerprint density at radius 2 is 0.941 bits per heavy atom. The average molecular weight is 664 g/mol. The van der Waals surface area contributed by atoms with Crippen molar-refractivity contribution in [2.45, 2.75) is 5.41 Å². The molecule has 0 saturated carbocycles. The smallest absolute Gasteiger partial charge is 0.0738 e. The first-order valence-electron chi connectivity index (χ1n) is 17.7. The van der Waals surface area contributed by atoms with E-state index in [0.717, 1.165) is 17.1 Å². The van der Waals surface area contributed by atoms with E-state index in [1.165, 1.54) is 86.9 Å². The van der Waals surface area contributed by atoms with Crippen molar-refractivity contribution in [3.05, 3.63) is 198 Å². The SMILES string of the molecule is c1ccc(-c2ccccc2N(c2ccc3c(c2)C24c5ccccc5-c5cccc(c52)-c2cccc-3c24)c2ccc3sc4ccccc4c3c2)cc1. The summed E-state index contributed by atoms with van der Waals surface area (Å²) in [6, 6.07) is 65.8. The molecule has 0 N–H and O–H groups in total. The van der Waals surface area contributed by atoms with Crippen molar-refractivity contribution >= 4 is 48.6 Å². The highest BCUT2D eigenvalue weighted by Gasteiger charge is 2.57. The maximum absolute atomic E-state index is 2.52. The van der Waals surface area contributed by atoms with Crippen molar-refractivity contribution in [3.63, 3.8) is 0 Å². The van der Waals surface area contributed by atoms with E-state index in [1.54, 1.807) is 0 Å². The van der Waals surface area contributed by atoms with Gasteiger partial charge in [0.25, 0.3) is 0 Å². The zero-order valence-corrected chi connectivity index (χ0v) is 28.4. The molecular formula is C49H29NS. The third-order valence-corrected chi connectivity index (χ3v) is 12.7. The van der Waals surface area contributed by atoms with Gasteiger partial charge in [-0.3, -0.25) is 0 Å². The molecule has 236 valence electrons. The van der Waals surface area contributed by atoms with E-state index < -0.39 is 0 Å². The second kappa shape index (κ2) is 9.94. The van der Waals surface area contributed by atoms with Crippen LogP contribution >= 0.6 is 11.3 Å². The number of hydrogen-bond acceptors (Lipinski definition) is 2. The Balaban J connectivity index is 1.16. The van der Waals surface area contributed by atoms with Crippen molar-refractivity contribution in [1.29, 1.82) is 0 Å². The van der Waals surface area contributed by atoms with E-state index in [1.807, 2.05) is 11.3 Å². The van der Waals surface area contributed by atoms with Crippen LogP contribution < -0.4 is 4.90 Å². The second-order valence-corrected chi connectivity index (χ2v) is 15.1. The summed E-state index contributed by atoms with van der Waals surface area (Å²) >= 11 is 1.87. The number of nitrogens with zero attached hydrogens (tertiary/aromatic N) is 1. The number of hydrogen-bond donors (Lipinski definition) is 0. The molecule has 0 radical (unpaired) electrons. The number of thiophene rings is 1. The molecule has 2 heteroatoms. The lowest BCUT2D eigenvalue weighted by atomic mass is 9.73. The van der Waals surface area contributed by atoms with Crippen molar-refractivity contribution in [2.24, 2.45) is 0 Å². The molecule has 1 heterocycles. The summed E-state index contributed by atoms with van der Waals surface area (Å²) < 4.78 is 2.63. The van der Waals surface area contributed by atoms with Crippen LogP contribution in [0, 0.1) is 0 Å². The summed E-state index contributed by atoms with van der Waals surface area (Å²) in [5, 5.41) is 2.61. The van der Waals surface area contributed by atoms with Gasteiger partial charge in [0.1, 0.15) is 0 Å². The quantitative estimate of drug-likeness (QED) is 0.181. The molecule has 1 spiro atoms. The van der Waals surface area contributed by atoms with Crippen LogP contribution in [0.15, 0.2) is 176 Å². The number of fused-ring (bicyclic) bond motifs is 8. The fourth-order valence-electron chi connectivity index (χ4n) is 9.69. The fraction of sp³-hybridized carbons (Fsp3) is 0.0204. The minimum atomic E-state index is -0.335. The molecule has 0 saturated heterocycles. The Bertz CT molecular complexity index is 2900. The first-order chi connectivity index (χ1) is 25.3. The Morgan fingerprint density at radius 3 is 1.75 bits per heavy atom. The van der Waals surface area contributed by atoms with E-state index in [2.05, 4.69) is 181 Å². The van der Waals surface area contributed by atoms with Gasteiger partial charge in [-0.05, 0) is 104 Å². The molecule has 0 aliphatic heterocycles. The molecule has 0 fully saturated rings. The average Bonchev–Trinajstić information content (AvgIpc) is 3.90. The summed E-state index contributed by atoms with van der Waals surface area (Å²) in [6.45, 7) is 0. The maximum atomic E-state index is 2.52. The van der Waals surface area contributed by atoms with Gasteiger partial charge in [-0.2, -0.15) is 0 Å². The molecule has 3 aliphatic carbocycles. The first kappa shape index (κ1) is 27.6. The van der Waals surface area contributed by atoms with Gasteiger partial charge in [-0.15, -0.1) is 11.3 Å². The number of rotatable bonds is 4. The second-order valence-electron chi connectivity index (χ2n) is 14.0. The third-order valence-electron chi connectivity index (χ3n) is 11.6. The van der Waals surface area contributed by atoms with Gasteiger partial charge in [-0.25, -0.2) is 0 Å². The molecular weight excluding hydrogens is 635 g/mol. The predicted molar refractivity (Wildman–Crippen MR) is 215 cm³/mol. The topological polar surface area (TPSA) is 3.24 Å². The largest absolute Gasteiger partial charge is 0.310 e. The monoisotopic (exact) mass is 663 g/mol. The Morgan fingerprint density at radius 1 is 0.373 bits per heavy atom. The molecule has 0 bridgehead atoms. The summed E-state index contributed by atoms with van der Waals surface area (Å²) in [4.78, 5) is 2.50. The van der Waals surface area contributed by atoms with Crippen LogP contribution in [0.2, 0.25) is 0 Å². The van der Waals surface area contributed by atoms with Crippen LogP contribution in [0.3, 0.4) is 0 Å². The van der Waals surface area contributed by atoms with Gasteiger partial charge in [0, 0.05) is 37.1 Å². The highest BCUT2D eigenvalue weighted by Crippen LogP contribution is 2.70. The minimum Gasteiger partial charge on any atom is -0.310 e. The van der Waals surface area contributed by atoms with Crippen molar-refractivity contribution < 1.29 is 0 Å². The molecule has 1 nitrogen and oxygen atoms in total. The summed E-state index contributed by atoms with van der Waals surface area (Å²) in [5.41, 5.74) is 19.4. The van der Waals surface area contributed by atoms with Crippen molar-refractivity contribution in [2.75, 3.05) is 4.90 Å². The fourth-order valence-corrected chi connectivity index (χ4v) is 10.8. The lowest BCUT2D eigenvalue weighted by Crippen LogP contribution is -2.23. The Labute approximate surface area is 300 Å². The Hall–Kier alpha value is -6.22. The van der Waals surface area contributed by atoms with Gasteiger partial charge >= 0.3 is 0 Å². The van der Waals surface area contributed by atoms with Gasteiger partial charge in [-0.1, -0.05) is 133 Å². The Kier molecular flexibility index (Phi) is 5.38. The van der Waals surface area contributed by atoms with E-state index in [-0.39, 0.29) is 5.41 Å². The molecule has 3 aliphatic rings. The van der Waals surface area contributed by atoms with Gasteiger partial charge < -0.3 is 4.90 Å². The molecule has 12 rings (SSSR count). The summed E-state index contributed by atoms with van der Waals surface area (Å²) in [5.74, 6) is 0. The van der Waals surface area contributed by atoms with Gasteiger partial charge in [0.2, 0.25) is 0 Å². The minimum absolute atomic E-state index is 0.335. The number of anilines is 3. The molecule has 1 atom stereocenters. The number of para-hydroxylation sites is 1. The van der Waals surface area contributed by atoms with E-state index in [0.29, 0.717) is 0 Å². The normalized spacial score (nSPS) is 15.5. The summed E-state index contributed by atoms with van der Waals surface area (Å²) in [7, 11) is 0. The standard InChI is InChI=1S/C49H29NS/c1-2-12-30(13-3-1)33-14-5-8-22-44(33)50(31-25-27-46-41(28-31)36-16-6-9-23-45(36)51-46)32-24-26-35-38-18-11-20-40-39-19-10-17-37-34-15-4-7-21-42(34)49(47(37)39,48(38)40)43(35)29-32/h1-29H. The van der Waals surface area contributed by atoms with Gasteiger partial charge in [0.05, 0.1) is 11.1 Å². The lowest BCUT2D eigenvalue weighted by molar-refractivity contribution is 0.818. The van der Waals surface area contributed by atoms with E-state index in [4.69, 9.17) is 0 Å². The zero-order chi connectivity index (χ0) is 33.3. The van der Waals surface area contributed by atoms with Crippen LogP contribution in [-0.4, -0.2) is 0 Å². The van der Waals surface area contributed by atoms with Crippen molar-refractivity contribution in [3.8, 4) is 44.5 Å². The van der Waals surface area contributed by atoms with Crippen LogP contribution in [0.25, 0.3) is 64.7 Å². The zero-order valence-electron chi connectivity index (χ0n) is 27.6. The molecule has 8 aromatic carbocycles. The summed E-state index contributed by atoms with van der Waals surface area (Å²) in [6.07, 6.45) is 0. The molecule has 0 amide bonds. The van der Waals surface area contributed by atoms with Crippen molar-refractivity contribution in [1.82, 2.24) is 0 Å². The van der Waals surface area contributed by atoms with Crippen LogP contribution in [0.1, 0.15) is 22.3 Å². The molecule has 1 unspecified atom stereocenters. The number of benzene rings is 8. The van der Waals surface area contributed by atoms with Crippen LogP contribution in [0.4, 0.5) is 17.1 Å². The van der Waals surface area contributed by atoms with E-state index >= 15 is 0 Å². The van der Waals surface area contributed by atoms with Crippen LogP contribution in [0.5, 0.6) is 0 Å². The van der Waals surface area contributed by atoms with Crippen LogP contribution in [-0.2, 0) is 5.41 Å². The highest BCUT2D eigenvalue weighted by molar-refractivity contribution is 7.25. The lowest BCUT2D eigenvalue weighted by Gasteiger charge is -2.31. The third kappa shape index (κ3) is 3.45. The van der Waals surface area contributed by atoms with E-state index in [9.17, 15) is 0 Å². The predicted octanol–water partition coefficient (Wildman–Crippen LogP) is 13.5. The van der Waals surface area contributed by atoms with Gasteiger partial charge in [0.15, 0.2) is 0 Å². The highest BCUT2D eigenvalue weighted by atomic mass is 32.1. The maximum Gasteiger partial charge on any atom is 0.0738 e. The molecule has 9 aromatic rings. The molecule has 1 aromatic heterocycles. The first-order valence-corrected chi connectivity index (χ1v) is 18.5. The molecule has 51 heavy (non-hydrogen) atoms.